The lowest BCUT2D eigenvalue weighted by atomic mass is 9.97. The van der Waals surface area contributed by atoms with E-state index in [1.165, 1.54) is 30.2 Å². The Morgan fingerprint density at radius 1 is 1.38 bits per heavy atom. The molecule has 2 aliphatic heterocycles. The highest BCUT2D eigenvalue weighted by molar-refractivity contribution is 6.04. The predicted molar refractivity (Wildman–Crippen MR) is 113 cm³/mol. The van der Waals surface area contributed by atoms with Gasteiger partial charge in [0, 0.05) is 24.7 Å². The zero-order chi connectivity index (χ0) is 23.0. The van der Waals surface area contributed by atoms with E-state index in [2.05, 4.69) is 10.3 Å². The van der Waals surface area contributed by atoms with Gasteiger partial charge >= 0.3 is 0 Å². The lowest BCUT2D eigenvalue weighted by Gasteiger charge is -2.37. The van der Waals surface area contributed by atoms with E-state index in [1.54, 1.807) is 12.1 Å². The summed E-state index contributed by atoms with van der Waals surface area (Å²) in [4.78, 5) is 18.2. The Balaban J connectivity index is 1.83. The van der Waals surface area contributed by atoms with Crippen LogP contribution in [0, 0.1) is 5.82 Å². The Kier molecular flexibility index (Phi) is 5.76. The van der Waals surface area contributed by atoms with Gasteiger partial charge < -0.3 is 35.4 Å². The molecule has 10 heteroatoms. The molecule has 170 valence electrons. The second-order valence-electron chi connectivity index (χ2n) is 8.14. The Morgan fingerprint density at radius 2 is 2.09 bits per heavy atom. The molecule has 1 aromatic heterocycles. The van der Waals surface area contributed by atoms with Gasteiger partial charge in [0.15, 0.2) is 12.0 Å². The van der Waals surface area contributed by atoms with Gasteiger partial charge in [-0.1, -0.05) is 12.1 Å². The largest absolute Gasteiger partial charge is 0.505 e. The summed E-state index contributed by atoms with van der Waals surface area (Å²) in [5.41, 5.74) is -0.0502. The lowest BCUT2D eigenvalue weighted by molar-refractivity contribution is -0.118. The van der Waals surface area contributed by atoms with Crippen molar-refractivity contribution in [3.05, 3.63) is 58.7 Å². The second kappa shape index (κ2) is 8.38. The standard InChI is InChI=1S/C22H24FN3O6/c1-22(31)10-26-17-16(18(28)15(21(26)30)20(29)24-6-7-27)25-9-13(19(17)32-11-22)8-12-2-4-14(23)5-3-12/h2-5,9,21,27-28,30-31H,6-8,10-11H2,1H3,(H,24,29). The number of rotatable bonds is 5. The number of amides is 1. The number of hydrogen-bond acceptors (Lipinski definition) is 8. The highest BCUT2D eigenvalue weighted by Crippen LogP contribution is 2.45. The van der Waals surface area contributed by atoms with Gasteiger partial charge in [-0.15, -0.1) is 0 Å². The first-order chi connectivity index (χ1) is 15.2. The van der Waals surface area contributed by atoms with Gasteiger partial charge in [-0.05, 0) is 24.6 Å². The molecular weight excluding hydrogens is 421 g/mol. The van der Waals surface area contributed by atoms with E-state index in [9.17, 15) is 24.5 Å². The van der Waals surface area contributed by atoms with Crippen LogP contribution in [0.1, 0.15) is 23.7 Å². The van der Waals surface area contributed by atoms with E-state index in [0.29, 0.717) is 17.7 Å². The molecule has 32 heavy (non-hydrogen) atoms. The first-order valence-corrected chi connectivity index (χ1v) is 10.1. The van der Waals surface area contributed by atoms with Crippen molar-refractivity contribution in [3.8, 4) is 5.75 Å². The van der Waals surface area contributed by atoms with E-state index < -0.39 is 23.5 Å². The van der Waals surface area contributed by atoms with Crippen molar-refractivity contribution in [2.24, 2.45) is 0 Å². The molecular formula is C22H24FN3O6. The fourth-order valence-corrected chi connectivity index (χ4v) is 3.89. The average Bonchev–Trinajstić information content (AvgIpc) is 2.90. The topological polar surface area (TPSA) is 135 Å². The van der Waals surface area contributed by atoms with Crippen LogP contribution in [0.4, 0.5) is 10.1 Å². The summed E-state index contributed by atoms with van der Waals surface area (Å²) in [5.74, 6) is -1.34. The Morgan fingerprint density at radius 3 is 2.78 bits per heavy atom. The van der Waals surface area contributed by atoms with E-state index >= 15 is 0 Å². The van der Waals surface area contributed by atoms with Crippen molar-refractivity contribution >= 4 is 17.4 Å². The van der Waals surface area contributed by atoms with Crippen molar-refractivity contribution in [1.29, 1.82) is 0 Å². The minimum atomic E-state index is -1.59. The number of aromatic nitrogens is 1. The third kappa shape index (κ3) is 3.99. The third-order valence-corrected chi connectivity index (χ3v) is 5.39. The van der Waals surface area contributed by atoms with Gasteiger partial charge in [0.1, 0.15) is 40.7 Å². The number of carbonyl (C=O) groups excluding carboxylic acids is 1. The van der Waals surface area contributed by atoms with Crippen molar-refractivity contribution in [2.75, 3.05) is 31.2 Å². The first-order valence-electron chi connectivity index (χ1n) is 10.1. The summed E-state index contributed by atoms with van der Waals surface area (Å²) >= 11 is 0. The molecule has 5 N–H and O–H groups in total. The molecule has 0 saturated carbocycles. The molecule has 2 aliphatic rings. The third-order valence-electron chi connectivity index (χ3n) is 5.39. The molecule has 0 aliphatic carbocycles. The second-order valence-corrected chi connectivity index (χ2v) is 8.14. The maximum atomic E-state index is 13.3. The van der Waals surface area contributed by atoms with Gasteiger partial charge in [0.2, 0.25) is 0 Å². The maximum Gasteiger partial charge on any atom is 0.255 e. The van der Waals surface area contributed by atoms with Crippen LogP contribution in [0.25, 0.3) is 5.76 Å². The molecule has 2 unspecified atom stereocenters. The van der Waals surface area contributed by atoms with Crippen molar-refractivity contribution in [3.63, 3.8) is 0 Å². The maximum absolute atomic E-state index is 13.3. The summed E-state index contributed by atoms with van der Waals surface area (Å²) in [6, 6.07) is 5.93. The predicted octanol–water partition coefficient (Wildman–Crippen LogP) is 0.471. The van der Waals surface area contributed by atoms with E-state index in [0.717, 1.165) is 5.56 Å². The van der Waals surface area contributed by atoms with Crippen molar-refractivity contribution in [1.82, 2.24) is 10.3 Å². The quantitative estimate of drug-likeness (QED) is 0.448. The fraction of sp³-hybridized carbons (Fsp3) is 0.364. The number of aliphatic hydroxyl groups is 4. The number of aliphatic hydroxyl groups excluding tert-OH is 3. The number of pyridine rings is 1. The first kappa shape index (κ1) is 22.0. The molecule has 2 aromatic rings. The molecule has 1 aromatic carbocycles. The summed E-state index contributed by atoms with van der Waals surface area (Å²) in [7, 11) is 0. The molecule has 1 amide bonds. The number of hydrogen-bond donors (Lipinski definition) is 5. The number of anilines is 1. The van der Waals surface area contributed by atoms with Crippen LogP contribution < -0.4 is 15.0 Å². The minimum absolute atomic E-state index is 0.0278. The lowest BCUT2D eigenvalue weighted by Crippen LogP contribution is -2.51. The van der Waals surface area contributed by atoms with Crippen LogP contribution in [0.5, 0.6) is 5.75 Å². The fourth-order valence-electron chi connectivity index (χ4n) is 3.89. The zero-order valence-corrected chi connectivity index (χ0v) is 17.4. The molecule has 0 bridgehead atoms. The highest BCUT2D eigenvalue weighted by atomic mass is 19.1. The number of nitrogens with one attached hydrogen (secondary N) is 1. The van der Waals surface area contributed by atoms with Gasteiger partial charge in [0.25, 0.3) is 5.91 Å². The number of benzene rings is 1. The molecule has 0 spiro atoms. The van der Waals surface area contributed by atoms with Gasteiger partial charge in [-0.25, -0.2) is 4.39 Å². The van der Waals surface area contributed by atoms with Crippen LogP contribution >= 0.6 is 0 Å². The van der Waals surface area contributed by atoms with Crippen molar-refractivity contribution < 1.29 is 34.3 Å². The zero-order valence-electron chi connectivity index (χ0n) is 17.4. The van der Waals surface area contributed by atoms with E-state index in [4.69, 9.17) is 9.84 Å². The summed E-state index contributed by atoms with van der Waals surface area (Å²) in [6.07, 6.45) is 0.222. The average molecular weight is 445 g/mol. The number of carbonyl (C=O) groups is 1. The highest BCUT2D eigenvalue weighted by Gasteiger charge is 2.44. The number of halogens is 1. The van der Waals surface area contributed by atoms with E-state index in [-0.39, 0.29) is 49.1 Å². The molecule has 4 rings (SSSR count). The Hall–Kier alpha value is -3.21. The SMILES string of the molecule is CC1(O)COc2c(Cc3ccc(F)cc3)cnc3c2N(C1)C(O)C(C(=O)NCCO)=C3O. The monoisotopic (exact) mass is 445 g/mol. The van der Waals surface area contributed by atoms with Gasteiger partial charge in [0.05, 0.1) is 13.2 Å². The van der Waals surface area contributed by atoms with Crippen LogP contribution in [0.15, 0.2) is 36.0 Å². The van der Waals surface area contributed by atoms with Crippen LogP contribution in [0.3, 0.4) is 0 Å². The number of ether oxygens (including phenoxy) is 1. The van der Waals surface area contributed by atoms with E-state index in [1.807, 2.05) is 0 Å². The van der Waals surface area contributed by atoms with Crippen LogP contribution in [0.2, 0.25) is 0 Å². The van der Waals surface area contributed by atoms with Crippen LogP contribution in [-0.4, -0.2) is 69.4 Å². The van der Waals surface area contributed by atoms with Crippen molar-refractivity contribution in [2.45, 2.75) is 25.2 Å². The summed E-state index contributed by atoms with van der Waals surface area (Å²) < 4.78 is 19.2. The molecule has 2 atom stereocenters. The minimum Gasteiger partial charge on any atom is -0.505 e. The Bertz CT molecular complexity index is 1070. The molecule has 3 heterocycles. The Labute approximate surface area is 183 Å². The number of nitrogens with zero attached hydrogens (tertiary/aromatic N) is 2. The van der Waals surface area contributed by atoms with Gasteiger partial charge in [-0.2, -0.15) is 0 Å². The van der Waals surface area contributed by atoms with Gasteiger partial charge in [-0.3, -0.25) is 9.78 Å². The molecule has 9 nitrogen and oxygen atoms in total. The summed E-state index contributed by atoms with van der Waals surface area (Å²) in [5, 5.41) is 43.9. The molecule has 0 fully saturated rings. The molecule has 0 saturated heterocycles. The van der Waals surface area contributed by atoms with Crippen LogP contribution in [-0.2, 0) is 11.2 Å². The molecule has 0 radical (unpaired) electrons. The normalized spacial score (nSPS) is 22.2. The summed E-state index contributed by atoms with van der Waals surface area (Å²) in [6.45, 7) is 0.955. The smallest absolute Gasteiger partial charge is 0.255 e.